The summed E-state index contributed by atoms with van der Waals surface area (Å²) < 4.78 is 16.2. The van der Waals surface area contributed by atoms with Crippen LogP contribution in [-0.4, -0.2) is 30.2 Å². The van der Waals surface area contributed by atoms with Crippen molar-refractivity contribution in [1.29, 1.82) is 5.41 Å². The first-order valence-corrected chi connectivity index (χ1v) is 9.25. The quantitative estimate of drug-likeness (QED) is 0.251. The highest BCUT2D eigenvalue weighted by Crippen LogP contribution is 2.28. The highest BCUT2D eigenvalue weighted by Gasteiger charge is 2.18. The molecule has 2 aromatic rings. The molecule has 0 amide bonds. The molecule has 6 nitrogen and oxygen atoms in total. The number of hydrogen-bond donors (Lipinski definition) is 1. The van der Waals surface area contributed by atoms with Crippen LogP contribution in [0.1, 0.15) is 42.1 Å². The summed E-state index contributed by atoms with van der Waals surface area (Å²) in [5.41, 5.74) is 1.28. The number of ether oxygens (including phenoxy) is 3. The third-order valence-electron chi connectivity index (χ3n) is 4.13. The number of Topliss-reactive ketones (excluding diaryl/α,β-unsaturated/α-hetero) is 1. The second kappa shape index (κ2) is 10.9. The van der Waals surface area contributed by atoms with E-state index in [2.05, 4.69) is 18.5 Å². The molecule has 0 aliphatic carbocycles. The SMILES string of the molecule is C=COc1ccc(CCC(=N)C(=O)c2cccnc2OCCCC)cc1OC. The van der Waals surface area contributed by atoms with Crippen molar-refractivity contribution in [2.75, 3.05) is 13.7 Å². The summed E-state index contributed by atoms with van der Waals surface area (Å²) in [6.45, 7) is 6.10. The standard InChI is InChI=1S/C22H26N2O4/c1-4-6-14-28-22-17(8-7-13-24-22)21(25)18(23)11-9-16-10-12-19(27-5-2)20(15-16)26-3/h5,7-8,10,12-13,15,23H,2,4,6,9,11,14H2,1,3H3. The van der Waals surface area contributed by atoms with Crippen molar-refractivity contribution in [3.05, 3.63) is 60.5 Å². The van der Waals surface area contributed by atoms with Gasteiger partial charge in [0, 0.05) is 6.20 Å². The largest absolute Gasteiger partial charge is 0.493 e. The van der Waals surface area contributed by atoms with Crippen molar-refractivity contribution >= 4 is 11.5 Å². The molecule has 0 aliphatic heterocycles. The number of benzene rings is 1. The summed E-state index contributed by atoms with van der Waals surface area (Å²) in [6, 6.07) is 8.82. The van der Waals surface area contributed by atoms with Gasteiger partial charge in [-0.15, -0.1) is 0 Å². The molecule has 0 atom stereocenters. The highest BCUT2D eigenvalue weighted by atomic mass is 16.5. The molecule has 0 spiro atoms. The monoisotopic (exact) mass is 382 g/mol. The van der Waals surface area contributed by atoms with Gasteiger partial charge in [-0.25, -0.2) is 4.98 Å². The number of ketones is 1. The molecule has 0 bridgehead atoms. The van der Waals surface area contributed by atoms with Gasteiger partial charge in [-0.2, -0.15) is 0 Å². The van der Waals surface area contributed by atoms with Gasteiger partial charge in [-0.05, 0) is 49.1 Å². The van der Waals surface area contributed by atoms with Crippen molar-refractivity contribution in [3.8, 4) is 17.4 Å². The minimum Gasteiger partial charge on any atom is -0.493 e. The topological polar surface area (TPSA) is 81.5 Å². The maximum atomic E-state index is 12.7. The average molecular weight is 382 g/mol. The molecule has 1 aromatic heterocycles. The van der Waals surface area contributed by atoms with E-state index in [-0.39, 0.29) is 11.5 Å². The predicted octanol–water partition coefficient (Wildman–Crippen LogP) is 4.63. The van der Waals surface area contributed by atoms with Gasteiger partial charge in [0.25, 0.3) is 0 Å². The Kier molecular flexibility index (Phi) is 8.21. The van der Waals surface area contributed by atoms with Crippen molar-refractivity contribution in [3.63, 3.8) is 0 Å². The molecule has 0 fully saturated rings. The zero-order valence-corrected chi connectivity index (χ0v) is 16.4. The van der Waals surface area contributed by atoms with Crippen LogP contribution < -0.4 is 14.2 Å². The van der Waals surface area contributed by atoms with Gasteiger partial charge in [-0.3, -0.25) is 4.79 Å². The summed E-state index contributed by atoms with van der Waals surface area (Å²) in [7, 11) is 1.56. The summed E-state index contributed by atoms with van der Waals surface area (Å²) in [5.74, 6) is 1.07. The lowest BCUT2D eigenvalue weighted by Gasteiger charge is -2.11. The molecule has 148 valence electrons. The third-order valence-corrected chi connectivity index (χ3v) is 4.13. The van der Waals surface area contributed by atoms with E-state index in [4.69, 9.17) is 19.6 Å². The number of nitrogens with zero attached hydrogens (tertiary/aromatic N) is 1. The van der Waals surface area contributed by atoms with E-state index < -0.39 is 0 Å². The molecule has 0 aliphatic rings. The molecule has 0 radical (unpaired) electrons. The molecule has 1 aromatic carbocycles. The van der Waals surface area contributed by atoms with Gasteiger partial charge in [0.05, 0.1) is 31.3 Å². The Morgan fingerprint density at radius 3 is 2.82 bits per heavy atom. The molecule has 2 rings (SSSR count). The van der Waals surface area contributed by atoms with Crippen LogP contribution in [0.15, 0.2) is 49.4 Å². The van der Waals surface area contributed by atoms with Gasteiger partial charge in [0.15, 0.2) is 11.5 Å². The van der Waals surface area contributed by atoms with E-state index in [0.717, 1.165) is 18.4 Å². The maximum absolute atomic E-state index is 12.7. The second-order valence-corrected chi connectivity index (χ2v) is 6.14. The first-order valence-electron chi connectivity index (χ1n) is 9.25. The average Bonchev–Trinajstić information content (AvgIpc) is 2.73. The van der Waals surface area contributed by atoms with E-state index in [1.165, 1.54) is 6.26 Å². The first kappa shape index (κ1) is 21.2. The highest BCUT2D eigenvalue weighted by molar-refractivity contribution is 6.45. The van der Waals surface area contributed by atoms with Crippen LogP contribution in [0.2, 0.25) is 0 Å². The van der Waals surface area contributed by atoms with E-state index in [1.807, 2.05) is 12.1 Å². The van der Waals surface area contributed by atoms with Crippen molar-refractivity contribution < 1.29 is 19.0 Å². The van der Waals surface area contributed by atoms with E-state index in [1.54, 1.807) is 31.5 Å². The van der Waals surface area contributed by atoms with Gasteiger partial charge in [0.2, 0.25) is 11.7 Å². The molecule has 1 heterocycles. The summed E-state index contributed by atoms with van der Waals surface area (Å²) >= 11 is 0. The zero-order chi connectivity index (χ0) is 20.4. The number of carbonyl (C=O) groups is 1. The third kappa shape index (κ3) is 5.67. The lowest BCUT2D eigenvalue weighted by molar-refractivity contribution is 0.105. The van der Waals surface area contributed by atoms with Crippen LogP contribution in [0.25, 0.3) is 0 Å². The number of rotatable bonds is 12. The molecule has 6 heteroatoms. The number of carbonyl (C=O) groups excluding carboxylic acids is 1. The van der Waals surface area contributed by atoms with E-state index >= 15 is 0 Å². The summed E-state index contributed by atoms with van der Waals surface area (Å²) in [6.07, 6.45) is 5.62. The normalized spacial score (nSPS) is 10.2. The summed E-state index contributed by atoms with van der Waals surface area (Å²) in [4.78, 5) is 16.8. The fourth-order valence-electron chi connectivity index (χ4n) is 2.59. The van der Waals surface area contributed by atoms with Gasteiger partial charge < -0.3 is 19.6 Å². The Labute approximate surface area is 165 Å². The van der Waals surface area contributed by atoms with Crippen molar-refractivity contribution in [2.24, 2.45) is 0 Å². The Morgan fingerprint density at radius 2 is 2.11 bits per heavy atom. The fraction of sp³-hybridized carbons (Fsp3) is 0.318. The second-order valence-electron chi connectivity index (χ2n) is 6.14. The number of hydrogen-bond acceptors (Lipinski definition) is 6. The number of methoxy groups -OCH3 is 1. The molecule has 0 saturated heterocycles. The molecular weight excluding hydrogens is 356 g/mol. The van der Waals surface area contributed by atoms with Crippen molar-refractivity contribution in [1.82, 2.24) is 4.98 Å². The van der Waals surface area contributed by atoms with Crippen LogP contribution >= 0.6 is 0 Å². The van der Waals surface area contributed by atoms with E-state index in [9.17, 15) is 4.79 Å². The fourth-order valence-corrected chi connectivity index (χ4v) is 2.59. The maximum Gasteiger partial charge on any atom is 0.224 e. The van der Waals surface area contributed by atoms with Crippen LogP contribution in [0.3, 0.4) is 0 Å². The van der Waals surface area contributed by atoms with Gasteiger partial charge in [0.1, 0.15) is 0 Å². The van der Waals surface area contributed by atoms with Crippen LogP contribution in [0, 0.1) is 5.41 Å². The van der Waals surface area contributed by atoms with Gasteiger partial charge >= 0.3 is 0 Å². The van der Waals surface area contributed by atoms with E-state index in [0.29, 0.717) is 42.4 Å². The van der Waals surface area contributed by atoms with Crippen LogP contribution in [-0.2, 0) is 6.42 Å². The number of aryl methyl sites for hydroxylation is 1. The minimum absolute atomic E-state index is 0.0127. The molecule has 0 saturated carbocycles. The first-order chi connectivity index (χ1) is 13.6. The van der Waals surface area contributed by atoms with Crippen molar-refractivity contribution in [2.45, 2.75) is 32.6 Å². The Hall–Kier alpha value is -3.15. The minimum atomic E-state index is -0.363. The molecule has 0 unspecified atom stereocenters. The van der Waals surface area contributed by atoms with Crippen LogP contribution in [0.5, 0.6) is 17.4 Å². The number of pyridine rings is 1. The summed E-state index contributed by atoms with van der Waals surface area (Å²) in [5, 5.41) is 8.20. The predicted molar refractivity (Wildman–Crippen MR) is 109 cm³/mol. The lowest BCUT2D eigenvalue weighted by Crippen LogP contribution is -2.16. The molecule has 28 heavy (non-hydrogen) atoms. The van der Waals surface area contributed by atoms with Crippen LogP contribution in [0.4, 0.5) is 0 Å². The van der Waals surface area contributed by atoms with Gasteiger partial charge in [-0.1, -0.05) is 26.0 Å². The molecule has 1 N–H and O–H groups in total. The Balaban J connectivity index is 2.03. The number of nitrogens with one attached hydrogen (secondary N) is 1. The zero-order valence-electron chi connectivity index (χ0n) is 16.4. The Morgan fingerprint density at radius 1 is 1.29 bits per heavy atom. The number of unbranched alkanes of at least 4 members (excludes halogenated alkanes) is 1. The Bertz CT molecular complexity index is 833. The lowest BCUT2D eigenvalue weighted by atomic mass is 10.0. The molecular formula is C22H26N2O4. The number of aromatic nitrogens is 1. The smallest absolute Gasteiger partial charge is 0.224 e.